The van der Waals surface area contributed by atoms with Crippen molar-refractivity contribution in [3.63, 3.8) is 0 Å². The van der Waals surface area contributed by atoms with Crippen LogP contribution in [0.3, 0.4) is 0 Å². The smallest absolute Gasteiger partial charge is 0.228 e. The second-order valence-electron chi connectivity index (χ2n) is 5.75. The van der Waals surface area contributed by atoms with Gasteiger partial charge in [-0.3, -0.25) is 4.79 Å². The average molecular weight is 289 g/mol. The monoisotopic (exact) mass is 289 g/mol. The van der Waals surface area contributed by atoms with E-state index in [9.17, 15) is 4.79 Å². The molecule has 5 nitrogen and oxygen atoms in total. The zero-order valence-electron chi connectivity index (χ0n) is 12.3. The number of nitrogens with one attached hydrogen (secondary N) is 1. The number of amides is 1. The van der Waals surface area contributed by atoms with Gasteiger partial charge in [-0.1, -0.05) is 12.1 Å². The number of benzene rings is 1. The highest BCUT2D eigenvalue weighted by atomic mass is 16.5. The van der Waals surface area contributed by atoms with Gasteiger partial charge in [0, 0.05) is 37.8 Å². The first-order valence-corrected chi connectivity index (χ1v) is 7.71. The van der Waals surface area contributed by atoms with Gasteiger partial charge in [-0.15, -0.1) is 0 Å². The first kappa shape index (κ1) is 14.5. The first-order chi connectivity index (χ1) is 10.3. The Labute approximate surface area is 125 Å². The van der Waals surface area contributed by atoms with Crippen molar-refractivity contribution in [1.82, 2.24) is 5.32 Å². The molecule has 21 heavy (non-hydrogen) atoms. The second kappa shape index (κ2) is 6.56. The fourth-order valence-corrected chi connectivity index (χ4v) is 3.11. The van der Waals surface area contributed by atoms with E-state index >= 15 is 0 Å². The molecule has 0 aromatic heterocycles. The van der Waals surface area contributed by atoms with Crippen molar-refractivity contribution in [2.45, 2.75) is 31.8 Å². The molecule has 0 radical (unpaired) electrons. The van der Waals surface area contributed by atoms with Crippen molar-refractivity contribution in [2.24, 2.45) is 5.73 Å². The van der Waals surface area contributed by atoms with Crippen molar-refractivity contribution in [3.05, 3.63) is 29.3 Å². The van der Waals surface area contributed by atoms with E-state index in [2.05, 4.69) is 11.4 Å². The molecule has 114 valence electrons. The van der Waals surface area contributed by atoms with Crippen LogP contribution in [0.2, 0.25) is 0 Å². The molecule has 2 aliphatic rings. The number of carbonyl (C=O) groups is 1. The average Bonchev–Trinajstić information content (AvgIpc) is 2.54. The predicted octanol–water partition coefficient (Wildman–Crippen LogP) is 0.803. The molecule has 1 saturated heterocycles. The van der Waals surface area contributed by atoms with Gasteiger partial charge in [0.15, 0.2) is 0 Å². The van der Waals surface area contributed by atoms with Crippen LogP contribution in [0, 0.1) is 0 Å². The minimum atomic E-state index is 0.139. The summed E-state index contributed by atoms with van der Waals surface area (Å²) in [5.74, 6) is 0.180. The molecule has 3 N–H and O–H groups in total. The lowest BCUT2D eigenvalue weighted by atomic mass is 9.98. The third-order valence-corrected chi connectivity index (χ3v) is 4.22. The summed E-state index contributed by atoms with van der Waals surface area (Å²) in [6.07, 6.45) is 2.54. The summed E-state index contributed by atoms with van der Waals surface area (Å²) in [6.45, 7) is 3.54. The van der Waals surface area contributed by atoms with E-state index in [1.54, 1.807) is 0 Å². The molecule has 1 aromatic rings. The van der Waals surface area contributed by atoms with Crippen molar-refractivity contribution < 1.29 is 9.53 Å². The fraction of sp³-hybridized carbons (Fsp3) is 0.562. The molecule has 1 amide bonds. The van der Waals surface area contributed by atoms with E-state index in [4.69, 9.17) is 10.5 Å². The zero-order chi connectivity index (χ0) is 14.7. The molecule has 5 heteroatoms. The lowest BCUT2D eigenvalue weighted by molar-refractivity contribution is -0.119. The summed E-state index contributed by atoms with van der Waals surface area (Å²) in [5, 5.41) is 3.34. The van der Waals surface area contributed by atoms with Crippen LogP contribution in [0.25, 0.3) is 0 Å². The predicted molar refractivity (Wildman–Crippen MR) is 82.2 cm³/mol. The van der Waals surface area contributed by atoms with Crippen LogP contribution in [0.4, 0.5) is 5.69 Å². The maximum Gasteiger partial charge on any atom is 0.228 e. The number of fused-ring (bicyclic) bond motifs is 1. The van der Waals surface area contributed by atoms with Gasteiger partial charge in [-0.05, 0) is 30.0 Å². The molecule has 0 spiro atoms. The Hall–Kier alpha value is -1.43. The Bertz CT molecular complexity index is 512. The van der Waals surface area contributed by atoms with Crippen LogP contribution in [0.15, 0.2) is 18.2 Å². The zero-order valence-corrected chi connectivity index (χ0v) is 12.3. The SMILES string of the molecule is NCc1ccc2c(c1)CCCN2C(=O)CC1COCCN1. The van der Waals surface area contributed by atoms with Crippen molar-refractivity contribution in [1.29, 1.82) is 0 Å². The molecular formula is C16H23N3O2. The van der Waals surface area contributed by atoms with E-state index in [1.165, 1.54) is 5.56 Å². The second-order valence-corrected chi connectivity index (χ2v) is 5.75. The van der Waals surface area contributed by atoms with E-state index in [0.29, 0.717) is 19.6 Å². The molecule has 1 fully saturated rings. The van der Waals surface area contributed by atoms with Gasteiger partial charge >= 0.3 is 0 Å². The molecule has 1 aromatic carbocycles. The summed E-state index contributed by atoms with van der Waals surface area (Å²) in [7, 11) is 0. The van der Waals surface area contributed by atoms with E-state index < -0.39 is 0 Å². The van der Waals surface area contributed by atoms with Gasteiger partial charge in [-0.25, -0.2) is 0 Å². The van der Waals surface area contributed by atoms with Gasteiger partial charge in [-0.2, -0.15) is 0 Å². The molecule has 0 bridgehead atoms. The normalized spacial score (nSPS) is 22.0. The highest BCUT2D eigenvalue weighted by Crippen LogP contribution is 2.28. The van der Waals surface area contributed by atoms with Crippen LogP contribution >= 0.6 is 0 Å². The van der Waals surface area contributed by atoms with Crippen molar-refractivity contribution in [3.8, 4) is 0 Å². The summed E-state index contributed by atoms with van der Waals surface area (Å²) >= 11 is 0. The van der Waals surface area contributed by atoms with Gasteiger partial charge in [0.1, 0.15) is 0 Å². The lowest BCUT2D eigenvalue weighted by Gasteiger charge is -2.32. The van der Waals surface area contributed by atoms with Crippen molar-refractivity contribution in [2.75, 3.05) is 31.2 Å². The first-order valence-electron chi connectivity index (χ1n) is 7.71. The molecular weight excluding hydrogens is 266 g/mol. The molecule has 2 heterocycles. The molecule has 2 aliphatic heterocycles. The van der Waals surface area contributed by atoms with Crippen molar-refractivity contribution >= 4 is 11.6 Å². The highest BCUT2D eigenvalue weighted by molar-refractivity contribution is 5.95. The van der Waals surface area contributed by atoms with Gasteiger partial charge in [0.2, 0.25) is 5.91 Å². The number of hydrogen-bond acceptors (Lipinski definition) is 4. The number of aryl methyl sites for hydroxylation is 1. The van der Waals surface area contributed by atoms with E-state index in [-0.39, 0.29) is 11.9 Å². The van der Waals surface area contributed by atoms with Crippen LogP contribution in [0.1, 0.15) is 24.0 Å². The largest absolute Gasteiger partial charge is 0.378 e. The lowest BCUT2D eigenvalue weighted by Crippen LogP contribution is -2.46. The third-order valence-electron chi connectivity index (χ3n) is 4.22. The summed E-state index contributed by atoms with van der Waals surface area (Å²) in [4.78, 5) is 14.5. The Morgan fingerprint density at radius 1 is 1.48 bits per heavy atom. The van der Waals surface area contributed by atoms with Crippen LogP contribution < -0.4 is 16.0 Å². The standard InChI is InChI=1S/C16H23N3O2/c17-10-12-3-4-15-13(8-12)2-1-6-19(15)16(20)9-14-11-21-7-5-18-14/h3-4,8,14,18H,1-2,5-7,9-11,17H2. The maximum absolute atomic E-state index is 12.6. The molecule has 0 saturated carbocycles. The number of nitrogens with zero attached hydrogens (tertiary/aromatic N) is 1. The molecule has 3 rings (SSSR count). The fourth-order valence-electron chi connectivity index (χ4n) is 3.11. The molecule has 0 aliphatic carbocycles. The number of nitrogens with two attached hydrogens (primary N) is 1. The number of ether oxygens (including phenoxy) is 1. The number of anilines is 1. The third kappa shape index (κ3) is 3.26. The maximum atomic E-state index is 12.6. The van der Waals surface area contributed by atoms with Gasteiger partial charge in [0.05, 0.1) is 13.2 Å². The molecule has 1 atom stereocenters. The number of hydrogen-bond donors (Lipinski definition) is 2. The Morgan fingerprint density at radius 3 is 3.14 bits per heavy atom. The Morgan fingerprint density at radius 2 is 2.38 bits per heavy atom. The topological polar surface area (TPSA) is 67.6 Å². The number of morpholine rings is 1. The molecule has 1 unspecified atom stereocenters. The van der Waals surface area contributed by atoms with E-state index in [0.717, 1.165) is 43.8 Å². The quantitative estimate of drug-likeness (QED) is 0.864. The Kier molecular flexibility index (Phi) is 4.53. The Balaban J connectivity index is 1.73. The minimum Gasteiger partial charge on any atom is -0.378 e. The van der Waals surface area contributed by atoms with Gasteiger partial charge in [0.25, 0.3) is 0 Å². The number of carbonyl (C=O) groups excluding carboxylic acids is 1. The van der Waals surface area contributed by atoms with Crippen LogP contribution in [-0.4, -0.2) is 38.3 Å². The summed E-state index contributed by atoms with van der Waals surface area (Å²) < 4.78 is 5.42. The number of rotatable bonds is 3. The highest BCUT2D eigenvalue weighted by Gasteiger charge is 2.25. The minimum absolute atomic E-state index is 0.139. The summed E-state index contributed by atoms with van der Waals surface area (Å²) in [6, 6.07) is 6.34. The van der Waals surface area contributed by atoms with Crippen LogP contribution in [0.5, 0.6) is 0 Å². The van der Waals surface area contributed by atoms with E-state index in [1.807, 2.05) is 17.0 Å². The van der Waals surface area contributed by atoms with Crippen LogP contribution in [-0.2, 0) is 22.5 Å². The van der Waals surface area contributed by atoms with Gasteiger partial charge < -0.3 is 20.7 Å². The summed E-state index contributed by atoms with van der Waals surface area (Å²) in [5.41, 5.74) is 9.13.